The Hall–Kier alpha value is -1.29. The summed E-state index contributed by atoms with van der Waals surface area (Å²) in [4.78, 5) is 16.2. The lowest BCUT2D eigenvalue weighted by molar-refractivity contribution is 0.0938. The van der Waals surface area contributed by atoms with Crippen LogP contribution < -0.4 is 10.6 Å². The van der Waals surface area contributed by atoms with E-state index in [9.17, 15) is 4.79 Å². The number of nitrogens with zero attached hydrogens (tertiary/aromatic N) is 1. The number of halogens is 1. The van der Waals surface area contributed by atoms with E-state index in [4.69, 9.17) is 11.6 Å². The van der Waals surface area contributed by atoms with Crippen LogP contribution in [0, 0.1) is 0 Å². The molecule has 18 heavy (non-hydrogen) atoms. The van der Waals surface area contributed by atoms with Gasteiger partial charge in [0.05, 0.1) is 10.6 Å². The van der Waals surface area contributed by atoms with E-state index in [1.54, 1.807) is 6.07 Å². The number of pyridine rings is 1. The highest BCUT2D eigenvalue weighted by Gasteiger charge is 2.14. The highest BCUT2D eigenvalue weighted by molar-refractivity contribution is 6.33. The zero-order valence-corrected chi connectivity index (χ0v) is 11.8. The summed E-state index contributed by atoms with van der Waals surface area (Å²) >= 11 is 6.00. The molecule has 0 saturated heterocycles. The molecule has 5 heteroatoms. The predicted molar refractivity (Wildman–Crippen MR) is 75.2 cm³/mol. The van der Waals surface area contributed by atoms with E-state index in [0.717, 1.165) is 19.4 Å². The molecule has 1 unspecified atom stereocenters. The Morgan fingerprint density at radius 3 is 2.83 bits per heavy atom. The lowest BCUT2D eigenvalue weighted by atomic mass is 10.1. The van der Waals surface area contributed by atoms with Crippen molar-refractivity contribution in [3.63, 3.8) is 0 Å². The normalized spacial score (nSPS) is 12.0. The van der Waals surface area contributed by atoms with Crippen LogP contribution in [0.25, 0.3) is 0 Å². The molecule has 0 aliphatic rings. The molecule has 0 radical (unpaired) electrons. The largest absolute Gasteiger partial charge is 0.370 e. The molecule has 2 N–H and O–H groups in total. The van der Waals surface area contributed by atoms with Gasteiger partial charge in [0.1, 0.15) is 5.82 Å². The molecule has 0 aliphatic carbocycles. The van der Waals surface area contributed by atoms with Crippen LogP contribution in [-0.4, -0.2) is 23.5 Å². The number of anilines is 1. The minimum absolute atomic E-state index is 0.148. The van der Waals surface area contributed by atoms with E-state index in [0.29, 0.717) is 16.4 Å². The average Bonchev–Trinajstić information content (AvgIpc) is 2.32. The topological polar surface area (TPSA) is 54.0 Å². The monoisotopic (exact) mass is 269 g/mol. The zero-order valence-electron chi connectivity index (χ0n) is 11.1. The van der Waals surface area contributed by atoms with Gasteiger partial charge in [-0.1, -0.05) is 24.9 Å². The molecule has 0 bridgehead atoms. The van der Waals surface area contributed by atoms with Crippen molar-refractivity contribution < 1.29 is 4.79 Å². The van der Waals surface area contributed by atoms with E-state index in [2.05, 4.69) is 22.5 Å². The van der Waals surface area contributed by atoms with Crippen LogP contribution in [0.5, 0.6) is 0 Å². The van der Waals surface area contributed by atoms with Gasteiger partial charge in [-0.2, -0.15) is 0 Å². The molecule has 0 aromatic carbocycles. The zero-order chi connectivity index (χ0) is 13.5. The molecule has 0 saturated carbocycles. The average molecular weight is 270 g/mol. The van der Waals surface area contributed by atoms with Crippen LogP contribution in [0.2, 0.25) is 5.02 Å². The summed E-state index contributed by atoms with van der Waals surface area (Å²) in [5, 5.41) is 6.36. The van der Waals surface area contributed by atoms with Crippen molar-refractivity contribution in [2.24, 2.45) is 0 Å². The number of hydrogen-bond acceptors (Lipinski definition) is 3. The number of rotatable bonds is 6. The third kappa shape index (κ3) is 4.18. The SMILES string of the molecule is CCCC(C)NC(=O)c1cc(NCC)ncc1Cl. The summed E-state index contributed by atoms with van der Waals surface area (Å²) in [6.07, 6.45) is 3.49. The molecule has 100 valence electrons. The summed E-state index contributed by atoms with van der Waals surface area (Å²) in [5.74, 6) is 0.512. The van der Waals surface area contributed by atoms with Crippen LogP contribution in [0.15, 0.2) is 12.3 Å². The Bertz CT molecular complexity index is 409. The Kier molecular flexibility index (Phi) is 5.92. The highest BCUT2D eigenvalue weighted by atomic mass is 35.5. The number of aromatic nitrogens is 1. The second-order valence-electron chi connectivity index (χ2n) is 4.24. The summed E-state index contributed by atoms with van der Waals surface area (Å²) in [5.41, 5.74) is 0.463. The van der Waals surface area contributed by atoms with Crippen molar-refractivity contribution in [1.29, 1.82) is 0 Å². The fourth-order valence-electron chi connectivity index (χ4n) is 1.70. The lowest BCUT2D eigenvalue weighted by Gasteiger charge is -2.14. The van der Waals surface area contributed by atoms with E-state index < -0.39 is 0 Å². The van der Waals surface area contributed by atoms with Gasteiger partial charge in [0, 0.05) is 18.8 Å². The second kappa shape index (κ2) is 7.21. The van der Waals surface area contributed by atoms with Gasteiger partial charge in [-0.25, -0.2) is 4.98 Å². The van der Waals surface area contributed by atoms with Gasteiger partial charge in [-0.15, -0.1) is 0 Å². The lowest BCUT2D eigenvalue weighted by Crippen LogP contribution is -2.32. The van der Waals surface area contributed by atoms with Crippen molar-refractivity contribution in [3.8, 4) is 0 Å². The van der Waals surface area contributed by atoms with Crippen LogP contribution in [-0.2, 0) is 0 Å². The number of amides is 1. The maximum Gasteiger partial charge on any atom is 0.253 e. The molecule has 4 nitrogen and oxygen atoms in total. The number of carbonyl (C=O) groups excluding carboxylic acids is 1. The number of nitrogens with one attached hydrogen (secondary N) is 2. The van der Waals surface area contributed by atoms with E-state index in [1.165, 1.54) is 6.20 Å². The molecule has 0 spiro atoms. The molecule has 1 amide bonds. The van der Waals surface area contributed by atoms with Crippen molar-refractivity contribution in [2.45, 2.75) is 39.7 Å². The van der Waals surface area contributed by atoms with E-state index >= 15 is 0 Å². The smallest absolute Gasteiger partial charge is 0.253 e. The van der Waals surface area contributed by atoms with Gasteiger partial charge >= 0.3 is 0 Å². The van der Waals surface area contributed by atoms with Crippen molar-refractivity contribution in [2.75, 3.05) is 11.9 Å². The molecule has 1 atom stereocenters. The van der Waals surface area contributed by atoms with Crippen LogP contribution in [0.3, 0.4) is 0 Å². The predicted octanol–water partition coefficient (Wildman–Crippen LogP) is 3.09. The van der Waals surface area contributed by atoms with Gasteiger partial charge < -0.3 is 10.6 Å². The van der Waals surface area contributed by atoms with Crippen molar-refractivity contribution in [1.82, 2.24) is 10.3 Å². The maximum absolute atomic E-state index is 12.1. The van der Waals surface area contributed by atoms with Gasteiger partial charge in [-0.05, 0) is 26.3 Å². The number of carbonyl (C=O) groups is 1. The van der Waals surface area contributed by atoms with Crippen molar-refractivity contribution in [3.05, 3.63) is 22.8 Å². The third-order valence-electron chi connectivity index (χ3n) is 2.56. The second-order valence-corrected chi connectivity index (χ2v) is 4.65. The summed E-state index contributed by atoms with van der Waals surface area (Å²) < 4.78 is 0. The third-order valence-corrected chi connectivity index (χ3v) is 2.86. The minimum atomic E-state index is -0.150. The quantitative estimate of drug-likeness (QED) is 0.834. The molecular weight excluding hydrogens is 250 g/mol. The molecule has 0 aliphatic heterocycles. The first-order chi connectivity index (χ1) is 8.58. The molecular formula is C13H20ClN3O. The highest BCUT2D eigenvalue weighted by Crippen LogP contribution is 2.18. The summed E-state index contributed by atoms with van der Waals surface area (Å²) in [6.45, 7) is 6.80. The number of hydrogen-bond donors (Lipinski definition) is 2. The Morgan fingerprint density at radius 2 is 2.22 bits per heavy atom. The fourth-order valence-corrected chi connectivity index (χ4v) is 1.89. The van der Waals surface area contributed by atoms with Crippen molar-refractivity contribution >= 4 is 23.3 Å². The molecule has 1 aromatic rings. The molecule has 1 aromatic heterocycles. The first-order valence-electron chi connectivity index (χ1n) is 6.28. The molecule has 0 fully saturated rings. The first kappa shape index (κ1) is 14.8. The Morgan fingerprint density at radius 1 is 1.50 bits per heavy atom. The van der Waals surface area contributed by atoms with Crippen LogP contribution in [0.1, 0.15) is 44.0 Å². The fraction of sp³-hybridized carbons (Fsp3) is 0.538. The van der Waals surface area contributed by atoms with E-state index in [-0.39, 0.29) is 11.9 Å². The van der Waals surface area contributed by atoms with Gasteiger partial charge in [-0.3, -0.25) is 4.79 Å². The minimum Gasteiger partial charge on any atom is -0.370 e. The van der Waals surface area contributed by atoms with Gasteiger partial charge in [0.15, 0.2) is 0 Å². The molecule has 1 rings (SSSR count). The van der Waals surface area contributed by atoms with Gasteiger partial charge in [0.25, 0.3) is 5.91 Å². The Balaban J connectivity index is 2.80. The first-order valence-corrected chi connectivity index (χ1v) is 6.66. The van der Waals surface area contributed by atoms with Crippen LogP contribution >= 0.6 is 11.6 Å². The maximum atomic E-state index is 12.1. The summed E-state index contributed by atoms with van der Waals surface area (Å²) in [7, 11) is 0. The standard InChI is InChI=1S/C13H20ClN3O/c1-4-6-9(3)17-13(18)10-7-12(15-5-2)16-8-11(10)14/h7-9H,4-6H2,1-3H3,(H,15,16)(H,17,18). The molecule has 1 heterocycles. The van der Waals surface area contributed by atoms with Gasteiger partial charge in [0.2, 0.25) is 0 Å². The van der Waals surface area contributed by atoms with Crippen LogP contribution in [0.4, 0.5) is 5.82 Å². The van der Waals surface area contributed by atoms with E-state index in [1.807, 2.05) is 13.8 Å². The Labute approximate surface area is 113 Å². The summed E-state index contributed by atoms with van der Waals surface area (Å²) in [6, 6.07) is 1.83.